The van der Waals surface area contributed by atoms with Gasteiger partial charge in [0.25, 0.3) is 5.91 Å². The molecule has 1 amide bonds. The van der Waals surface area contributed by atoms with E-state index in [0.29, 0.717) is 40.2 Å². The number of carbonyl (C=O) groups is 2. The van der Waals surface area contributed by atoms with E-state index in [1.165, 1.54) is 30.4 Å². The first-order valence-electron chi connectivity index (χ1n) is 9.86. The van der Waals surface area contributed by atoms with Crippen LogP contribution in [0, 0.1) is 5.92 Å². The molecule has 1 aromatic heterocycles. The lowest BCUT2D eigenvalue weighted by atomic mass is 9.85. The third-order valence-corrected chi connectivity index (χ3v) is 6.43. The Morgan fingerprint density at radius 3 is 2.41 bits per heavy atom. The first-order valence-corrected chi connectivity index (χ1v) is 10.7. The van der Waals surface area contributed by atoms with Crippen LogP contribution in [0.25, 0.3) is 0 Å². The van der Waals surface area contributed by atoms with Crippen LogP contribution < -0.4 is 14.8 Å². The van der Waals surface area contributed by atoms with E-state index in [1.54, 1.807) is 25.1 Å². The molecule has 1 aliphatic rings. The molecule has 0 unspecified atom stereocenters. The third kappa shape index (κ3) is 4.56. The number of amides is 1. The lowest BCUT2D eigenvalue weighted by Gasteiger charge is -2.20. The maximum absolute atomic E-state index is 12.9. The van der Waals surface area contributed by atoms with Gasteiger partial charge in [-0.2, -0.15) is 0 Å². The Balaban J connectivity index is 1.95. The van der Waals surface area contributed by atoms with Gasteiger partial charge in [-0.15, -0.1) is 11.3 Å². The normalized spacial score (nSPS) is 15.4. The second kappa shape index (κ2) is 9.31. The van der Waals surface area contributed by atoms with Crippen molar-refractivity contribution in [3.8, 4) is 11.5 Å². The van der Waals surface area contributed by atoms with E-state index in [9.17, 15) is 9.59 Å². The van der Waals surface area contributed by atoms with E-state index in [-0.39, 0.29) is 11.9 Å². The summed E-state index contributed by atoms with van der Waals surface area (Å²) in [5, 5.41) is 3.48. The summed E-state index contributed by atoms with van der Waals surface area (Å²) in [4.78, 5) is 26.8. The van der Waals surface area contributed by atoms with E-state index in [4.69, 9.17) is 14.2 Å². The minimum atomic E-state index is -0.376. The molecule has 2 aromatic rings. The van der Waals surface area contributed by atoms with Crippen LogP contribution in [0.3, 0.4) is 0 Å². The summed E-state index contributed by atoms with van der Waals surface area (Å²) in [6.07, 6.45) is 3.93. The monoisotopic (exact) mass is 417 g/mol. The smallest absolute Gasteiger partial charge is 0.341 e. The number of carbonyl (C=O) groups excluding carboxylic acids is 2. The topological polar surface area (TPSA) is 73.9 Å². The molecule has 7 heteroatoms. The highest BCUT2D eigenvalue weighted by molar-refractivity contribution is 7.17. The van der Waals surface area contributed by atoms with Crippen molar-refractivity contribution in [2.45, 2.75) is 39.5 Å². The predicted octanol–water partition coefficient (Wildman–Crippen LogP) is 4.71. The van der Waals surface area contributed by atoms with Gasteiger partial charge >= 0.3 is 5.97 Å². The third-order valence-electron chi connectivity index (χ3n) is 5.26. The van der Waals surface area contributed by atoms with Crippen LogP contribution in [0.15, 0.2) is 18.2 Å². The molecule has 1 N–H and O–H groups in total. The number of nitrogens with one attached hydrogen (secondary N) is 1. The molecule has 0 spiro atoms. The Kier molecular flexibility index (Phi) is 6.79. The van der Waals surface area contributed by atoms with Gasteiger partial charge in [-0.25, -0.2) is 4.79 Å². The van der Waals surface area contributed by atoms with Crippen molar-refractivity contribution in [3.05, 3.63) is 39.8 Å². The van der Waals surface area contributed by atoms with E-state index in [1.807, 2.05) is 0 Å². The molecule has 0 saturated carbocycles. The maximum atomic E-state index is 12.9. The number of methoxy groups -OCH3 is 2. The molecule has 0 bridgehead atoms. The van der Waals surface area contributed by atoms with E-state index in [2.05, 4.69) is 12.2 Å². The van der Waals surface area contributed by atoms with Gasteiger partial charge in [0.2, 0.25) is 0 Å². The highest BCUT2D eigenvalue weighted by Crippen LogP contribution is 2.41. The molecule has 1 aromatic carbocycles. The number of thiophene rings is 1. The summed E-state index contributed by atoms with van der Waals surface area (Å²) in [5.74, 6) is 0.965. The average molecular weight is 418 g/mol. The van der Waals surface area contributed by atoms with Gasteiger partial charge in [-0.1, -0.05) is 13.3 Å². The fourth-order valence-electron chi connectivity index (χ4n) is 3.62. The van der Waals surface area contributed by atoms with Crippen LogP contribution in [-0.2, 0) is 17.6 Å². The minimum absolute atomic E-state index is 0.293. The number of hydrogen-bond acceptors (Lipinski definition) is 6. The number of esters is 1. The number of ether oxygens (including phenoxy) is 3. The SMILES string of the molecule is CCOC(=O)c1c(NC(=O)c2cc(OC)cc(OC)c2)sc2c1CC[C@@H](CC)C2. The minimum Gasteiger partial charge on any atom is -0.497 e. The molecule has 1 heterocycles. The number of benzene rings is 1. The second-order valence-electron chi connectivity index (χ2n) is 7.00. The van der Waals surface area contributed by atoms with Gasteiger partial charge in [-0.3, -0.25) is 4.79 Å². The predicted molar refractivity (Wildman–Crippen MR) is 114 cm³/mol. The van der Waals surface area contributed by atoms with Crippen LogP contribution in [0.4, 0.5) is 5.00 Å². The van der Waals surface area contributed by atoms with Crippen LogP contribution >= 0.6 is 11.3 Å². The molecule has 3 rings (SSSR count). The van der Waals surface area contributed by atoms with E-state index in [0.717, 1.165) is 31.2 Å². The van der Waals surface area contributed by atoms with Crippen molar-refractivity contribution >= 4 is 28.2 Å². The molecular formula is C22H27NO5S. The fourth-order valence-corrected chi connectivity index (χ4v) is 4.97. The molecule has 1 aliphatic carbocycles. The van der Waals surface area contributed by atoms with Crippen LogP contribution in [0.1, 0.15) is 57.8 Å². The van der Waals surface area contributed by atoms with E-state index >= 15 is 0 Å². The summed E-state index contributed by atoms with van der Waals surface area (Å²) < 4.78 is 15.8. The Hall–Kier alpha value is -2.54. The molecule has 29 heavy (non-hydrogen) atoms. The molecule has 1 atom stereocenters. The highest BCUT2D eigenvalue weighted by atomic mass is 32.1. The Labute approximate surface area is 175 Å². The Morgan fingerprint density at radius 2 is 1.83 bits per heavy atom. The van der Waals surface area contributed by atoms with Crippen molar-refractivity contribution in [1.82, 2.24) is 0 Å². The second-order valence-corrected chi connectivity index (χ2v) is 8.11. The van der Waals surface area contributed by atoms with Crippen molar-refractivity contribution < 1.29 is 23.8 Å². The fraction of sp³-hybridized carbons (Fsp3) is 0.455. The van der Waals surface area contributed by atoms with Gasteiger partial charge in [-0.05, 0) is 49.8 Å². The summed E-state index contributed by atoms with van der Waals surface area (Å²) in [6.45, 7) is 4.26. The van der Waals surface area contributed by atoms with Crippen LogP contribution in [0.5, 0.6) is 11.5 Å². The maximum Gasteiger partial charge on any atom is 0.341 e. The van der Waals surface area contributed by atoms with Crippen molar-refractivity contribution in [3.63, 3.8) is 0 Å². The van der Waals surface area contributed by atoms with Gasteiger partial charge in [0.1, 0.15) is 16.5 Å². The first-order chi connectivity index (χ1) is 14.0. The molecule has 156 valence electrons. The van der Waals surface area contributed by atoms with Crippen LogP contribution in [0.2, 0.25) is 0 Å². The van der Waals surface area contributed by atoms with Gasteiger partial charge in [0.15, 0.2) is 0 Å². The quantitative estimate of drug-likeness (QED) is 0.661. The van der Waals surface area contributed by atoms with Crippen molar-refractivity contribution in [2.75, 3.05) is 26.1 Å². The zero-order valence-corrected chi connectivity index (χ0v) is 18.1. The van der Waals surface area contributed by atoms with Gasteiger partial charge < -0.3 is 19.5 Å². The Morgan fingerprint density at radius 1 is 1.14 bits per heavy atom. The molecule has 0 radical (unpaired) electrons. The largest absolute Gasteiger partial charge is 0.497 e. The summed E-state index contributed by atoms with van der Waals surface area (Å²) in [7, 11) is 3.07. The highest BCUT2D eigenvalue weighted by Gasteiger charge is 2.30. The lowest BCUT2D eigenvalue weighted by molar-refractivity contribution is 0.0526. The standard InChI is InChI=1S/C22H27NO5S/c1-5-13-7-8-17-18(9-13)29-21(19(17)22(25)28-6-2)23-20(24)14-10-15(26-3)12-16(11-14)27-4/h10-13H,5-9H2,1-4H3,(H,23,24)/t13-/m1/s1. The van der Waals surface area contributed by atoms with Crippen LogP contribution in [-0.4, -0.2) is 32.7 Å². The molecule has 0 aliphatic heterocycles. The lowest BCUT2D eigenvalue weighted by Crippen LogP contribution is -2.17. The van der Waals surface area contributed by atoms with Crippen molar-refractivity contribution in [2.24, 2.45) is 5.92 Å². The zero-order chi connectivity index (χ0) is 21.0. The zero-order valence-electron chi connectivity index (χ0n) is 17.3. The van der Waals surface area contributed by atoms with E-state index < -0.39 is 0 Å². The summed E-state index contributed by atoms with van der Waals surface area (Å²) in [6, 6.07) is 4.99. The molecular weight excluding hydrogens is 390 g/mol. The molecule has 0 saturated heterocycles. The van der Waals surface area contributed by atoms with Gasteiger partial charge in [0.05, 0.1) is 26.4 Å². The molecule has 6 nitrogen and oxygen atoms in total. The van der Waals surface area contributed by atoms with Crippen molar-refractivity contribution in [1.29, 1.82) is 0 Å². The molecule has 0 fully saturated rings. The van der Waals surface area contributed by atoms with Gasteiger partial charge in [0, 0.05) is 16.5 Å². The number of rotatable bonds is 7. The number of hydrogen-bond donors (Lipinski definition) is 1. The first kappa shape index (κ1) is 21.2. The Bertz CT molecular complexity index is 883. The number of fused-ring (bicyclic) bond motifs is 1. The summed E-state index contributed by atoms with van der Waals surface area (Å²) in [5.41, 5.74) is 1.93. The number of anilines is 1. The average Bonchev–Trinajstić information content (AvgIpc) is 3.10. The summed E-state index contributed by atoms with van der Waals surface area (Å²) >= 11 is 1.48.